The van der Waals surface area contributed by atoms with Crippen LogP contribution in [-0.4, -0.2) is 9.97 Å². The van der Waals surface area contributed by atoms with Crippen molar-refractivity contribution in [2.24, 2.45) is 17.8 Å². The Balaban J connectivity index is 1.33. The summed E-state index contributed by atoms with van der Waals surface area (Å²) in [6.45, 7) is 4.54. The highest BCUT2D eigenvalue weighted by Gasteiger charge is 2.26. The first-order valence-electron chi connectivity index (χ1n) is 12.1. The van der Waals surface area contributed by atoms with E-state index in [1.165, 1.54) is 95.5 Å². The molecule has 0 atom stereocenters. The van der Waals surface area contributed by atoms with Gasteiger partial charge in [0, 0.05) is 18.3 Å². The van der Waals surface area contributed by atoms with Crippen LogP contribution in [0.1, 0.15) is 121 Å². The molecule has 152 valence electrons. The van der Waals surface area contributed by atoms with E-state index in [0.717, 1.165) is 30.0 Å². The van der Waals surface area contributed by atoms with E-state index in [1.54, 1.807) is 0 Å². The molecule has 0 aromatic carbocycles. The Kier molecular flexibility index (Phi) is 8.61. The molecule has 0 unspecified atom stereocenters. The molecule has 0 aliphatic heterocycles. The average Bonchev–Trinajstić information content (AvgIpc) is 2.73. The summed E-state index contributed by atoms with van der Waals surface area (Å²) in [5.74, 6) is 4.79. The molecule has 1 aromatic rings. The van der Waals surface area contributed by atoms with Gasteiger partial charge in [-0.3, -0.25) is 0 Å². The highest BCUT2D eigenvalue weighted by atomic mass is 14.9. The van der Waals surface area contributed by atoms with Crippen LogP contribution in [0.2, 0.25) is 0 Å². The van der Waals surface area contributed by atoms with Crippen LogP contribution in [0, 0.1) is 17.8 Å². The molecule has 0 radical (unpaired) electrons. The van der Waals surface area contributed by atoms with Gasteiger partial charge in [-0.1, -0.05) is 78.1 Å². The van der Waals surface area contributed by atoms with Crippen LogP contribution in [0.4, 0.5) is 0 Å². The fourth-order valence-electron chi connectivity index (χ4n) is 5.48. The Labute approximate surface area is 168 Å². The Hall–Kier alpha value is -0.920. The van der Waals surface area contributed by atoms with Gasteiger partial charge in [-0.25, -0.2) is 9.97 Å². The predicted octanol–water partition coefficient (Wildman–Crippen LogP) is 7.48. The normalized spacial score (nSPS) is 29.0. The Bertz CT molecular complexity index is 508. The second-order valence-electron chi connectivity index (χ2n) is 9.52. The van der Waals surface area contributed by atoms with Gasteiger partial charge in [0.25, 0.3) is 0 Å². The lowest BCUT2D eigenvalue weighted by atomic mass is 9.75. The summed E-state index contributed by atoms with van der Waals surface area (Å²) >= 11 is 0. The molecule has 2 fully saturated rings. The van der Waals surface area contributed by atoms with Crippen molar-refractivity contribution in [3.63, 3.8) is 0 Å². The smallest absolute Gasteiger partial charge is 0.131 e. The number of rotatable bonds is 9. The van der Waals surface area contributed by atoms with Crippen molar-refractivity contribution in [1.29, 1.82) is 0 Å². The van der Waals surface area contributed by atoms with Crippen LogP contribution in [0.25, 0.3) is 0 Å². The number of aryl methyl sites for hydroxylation is 1. The van der Waals surface area contributed by atoms with Crippen molar-refractivity contribution in [3.05, 3.63) is 23.8 Å². The Morgan fingerprint density at radius 3 is 1.74 bits per heavy atom. The maximum atomic E-state index is 4.68. The molecule has 2 heteroatoms. The molecule has 2 aliphatic rings. The molecule has 2 saturated carbocycles. The van der Waals surface area contributed by atoms with E-state index < -0.39 is 0 Å². The first-order valence-corrected chi connectivity index (χ1v) is 12.1. The van der Waals surface area contributed by atoms with Gasteiger partial charge in [0.2, 0.25) is 0 Å². The lowest BCUT2D eigenvalue weighted by molar-refractivity contribution is 0.222. The fourth-order valence-corrected chi connectivity index (χ4v) is 5.48. The molecule has 2 nitrogen and oxygen atoms in total. The first kappa shape index (κ1) is 20.8. The minimum Gasteiger partial charge on any atom is -0.241 e. The van der Waals surface area contributed by atoms with E-state index in [9.17, 15) is 0 Å². The van der Waals surface area contributed by atoms with Crippen LogP contribution in [0.15, 0.2) is 12.4 Å². The van der Waals surface area contributed by atoms with Crippen molar-refractivity contribution in [2.45, 2.75) is 116 Å². The molecular weight excluding hydrogens is 328 g/mol. The van der Waals surface area contributed by atoms with Gasteiger partial charge in [-0.05, 0) is 55.4 Å². The summed E-state index contributed by atoms with van der Waals surface area (Å²) in [6.07, 6.45) is 25.2. The number of hydrogen-bond donors (Lipinski definition) is 0. The van der Waals surface area contributed by atoms with Gasteiger partial charge >= 0.3 is 0 Å². The van der Waals surface area contributed by atoms with E-state index in [0.29, 0.717) is 5.92 Å². The van der Waals surface area contributed by atoms with Gasteiger partial charge in [-0.2, -0.15) is 0 Å². The molecule has 0 N–H and O–H groups in total. The summed E-state index contributed by atoms with van der Waals surface area (Å²) in [6, 6.07) is 0. The topological polar surface area (TPSA) is 25.8 Å². The SMILES string of the molecule is CCCC[C@H]1CC[C@H](CCC2CCC(c3ncc(CCC)cn3)CC2)CC1. The Morgan fingerprint density at radius 2 is 1.22 bits per heavy atom. The molecule has 1 aromatic heterocycles. The average molecular weight is 371 g/mol. The van der Waals surface area contributed by atoms with Crippen LogP contribution < -0.4 is 0 Å². The van der Waals surface area contributed by atoms with Gasteiger partial charge in [0.15, 0.2) is 0 Å². The van der Waals surface area contributed by atoms with E-state index in [-0.39, 0.29) is 0 Å². The predicted molar refractivity (Wildman–Crippen MR) is 115 cm³/mol. The maximum Gasteiger partial charge on any atom is 0.131 e. The van der Waals surface area contributed by atoms with E-state index in [1.807, 2.05) is 0 Å². The van der Waals surface area contributed by atoms with Gasteiger partial charge in [0.05, 0.1) is 0 Å². The van der Waals surface area contributed by atoms with Gasteiger partial charge < -0.3 is 0 Å². The van der Waals surface area contributed by atoms with Crippen LogP contribution in [0.3, 0.4) is 0 Å². The third-order valence-electron chi connectivity index (χ3n) is 7.39. The molecule has 0 bridgehead atoms. The zero-order valence-corrected chi connectivity index (χ0v) is 18.0. The zero-order chi connectivity index (χ0) is 18.9. The highest BCUT2D eigenvalue weighted by molar-refractivity contribution is 5.08. The quantitative estimate of drug-likeness (QED) is 0.450. The van der Waals surface area contributed by atoms with Gasteiger partial charge in [-0.15, -0.1) is 0 Å². The van der Waals surface area contributed by atoms with Crippen molar-refractivity contribution in [2.75, 3.05) is 0 Å². The summed E-state index contributed by atoms with van der Waals surface area (Å²) < 4.78 is 0. The number of nitrogens with zero attached hydrogens (tertiary/aromatic N) is 2. The number of unbranched alkanes of at least 4 members (excludes halogenated alkanes) is 1. The van der Waals surface area contributed by atoms with E-state index in [2.05, 4.69) is 36.2 Å². The summed E-state index contributed by atoms with van der Waals surface area (Å²) in [7, 11) is 0. The molecule has 2 aliphatic carbocycles. The van der Waals surface area contributed by atoms with Crippen LogP contribution >= 0.6 is 0 Å². The largest absolute Gasteiger partial charge is 0.241 e. The van der Waals surface area contributed by atoms with E-state index in [4.69, 9.17) is 0 Å². The monoisotopic (exact) mass is 370 g/mol. The van der Waals surface area contributed by atoms with Crippen LogP contribution in [0.5, 0.6) is 0 Å². The molecule has 3 rings (SSSR count). The molecule has 27 heavy (non-hydrogen) atoms. The molecule has 1 heterocycles. The maximum absolute atomic E-state index is 4.68. The van der Waals surface area contributed by atoms with Crippen molar-refractivity contribution in [3.8, 4) is 0 Å². The third-order valence-corrected chi connectivity index (χ3v) is 7.39. The van der Waals surface area contributed by atoms with Crippen LogP contribution in [-0.2, 0) is 6.42 Å². The Morgan fingerprint density at radius 1 is 0.704 bits per heavy atom. The molecule has 0 saturated heterocycles. The molecular formula is C25H42N2. The minimum atomic E-state index is 0.617. The molecule has 0 amide bonds. The second-order valence-corrected chi connectivity index (χ2v) is 9.52. The summed E-state index contributed by atoms with van der Waals surface area (Å²) in [5.41, 5.74) is 1.29. The zero-order valence-electron chi connectivity index (χ0n) is 18.0. The summed E-state index contributed by atoms with van der Waals surface area (Å²) in [4.78, 5) is 9.37. The van der Waals surface area contributed by atoms with Gasteiger partial charge in [0.1, 0.15) is 5.82 Å². The summed E-state index contributed by atoms with van der Waals surface area (Å²) in [5, 5.41) is 0. The lowest BCUT2D eigenvalue weighted by Gasteiger charge is -2.31. The second kappa shape index (κ2) is 11.2. The van der Waals surface area contributed by atoms with Crippen molar-refractivity contribution >= 4 is 0 Å². The minimum absolute atomic E-state index is 0.617. The van der Waals surface area contributed by atoms with E-state index >= 15 is 0 Å². The highest BCUT2D eigenvalue weighted by Crippen LogP contribution is 2.39. The third kappa shape index (κ3) is 6.57. The first-order chi connectivity index (χ1) is 13.3. The van der Waals surface area contributed by atoms with Crippen molar-refractivity contribution < 1.29 is 0 Å². The number of aromatic nitrogens is 2. The number of hydrogen-bond acceptors (Lipinski definition) is 2. The lowest BCUT2D eigenvalue weighted by Crippen LogP contribution is -2.18. The molecule has 0 spiro atoms. The fraction of sp³-hybridized carbons (Fsp3) is 0.840. The van der Waals surface area contributed by atoms with Crippen molar-refractivity contribution in [1.82, 2.24) is 9.97 Å². The standard InChI is InChI=1S/C25H42N2/c1-3-5-7-20-8-10-21(11-9-20)12-13-22-14-16-24(17-15-22)25-26-18-23(6-4-2)19-27-25/h18-22,24H,3-17H2,1-2H3/t20-,21-,22?,24?.